The number of carboxylic acid groups (broad SMARTS) is 1. The number of phenolic OH excluding ortho intramolecular Hbond substituents is 1. The Morgan fingerprint density at radius 2 is 1.90 bits per heavy atom. The van der Waals surface area contributed by atoms with Crippen molar-refractivity contribution in [1.29, 1.82) is 0 Å². The number of hydrogen-bond acceptors (Lipinski definition) is 3. The van der Waals surface area contributed by atoms with Crippen molar-refractivity contribution in [2.75, 3.05) is 0 Å². The van der Waals surface area contributed by atoms with Crippen LogP contribution in [0.4, 0.5) is 4.39 Å². The van der Waals surface area contributed by atoms with Gasteiger partial charge in [0.1, 0.15) is 17.1 Å². The zero-order valence-corrected chi connectivity index (χ0v) is 11.5. The van der Waals surface area contributed by atoms with Gasteiger partial charge in [0.2, 0.25) is 0 Å². The van der Waals surface area contributed by atoms with Crippen LogP contribution in [0.5, 0.6) is 5.75 Å². The molecule has 1 aliphatic carbocycles. The first-order chi connectivity index (χ1) is 10.0. The first-order valence-electron chi connectivity index (χ1n) is 7.02. The molecule has 1 aromatic rings. The van der Waals surface area contributed by atoms with Crippen LogP contribution in [0.25, 0.3) is 0 Å². The number of aromatic hydroxyl groups is 1. The summed E-state index contributed by atoms with van der Waals surface area (Å²) in [6.45, 7) is 0. The highest BCUT2D eigenvalue weighted by molar-refractivity contribution is 5.97. The van der Waals surface area contributed by atoms with E-state index in [0.29, 0.717) is 12.8 Å². The minimum Gasteiger partial charge on any atom is -0.507 e. The van der Waals surface area contributed by atoms with Crippen molar-refractivity contribution in [2.24, 2.45) is 5.92 Å². The summed E-state index contributed by atoms with van der Waals surface area (Å²) in [6.07, 6.45) is 3.56. The summed E-state index contributed by atoms with van der Waals surface area (Å²) >= 11 is 0. The molecule has 1 amide bonds. The maximum absolute atomic E-state index is 13.7. The van der Waals surface area contributed by atoms with Gasteiger partial charge in [-0.1, -0.05) is 25.3 Å². The fourth-order valence-corrected chi connectivity index (χ4v) is 2.75. The molecule has 3 N–H and O–H groups in total. The minimum absolute atomic E-state index is 0.439. The second kappa shape index (κ2) is 6.56. The molecule has 0 aromatic heterocycles. The van der Waals surface area contributed by atoms with Gasteiger partial charge in [0, 0.05) is 6.04 Å². The Balaban J connectivity index is 2.18. The van der Waals surface area contributed by atoms with Gasteiger partial charge in [-0.3, -0.25) is 9.59 Å². The SMILES string of the molecule is O=C(NC1CCCCCC1C(=O)O)c1c(O)cccc1F. The number of amides is 1. The molecule has 0 heterocycles. The minimum atomic E-state index is -0.958. The highest BCUT2D eigenvalue weighted by Crippen LogP contribution is 2.25. The lowest BCUT2D eigenvalue weighted by atomic mass is 9.94. The van der Waals surface area contributed by atoms with Gasteiger partial charge in [0.15, 0.2) is 0 Å². The molecule has 21 heavy (non-hydrogen) atoms. The average molecular weight is 295 g/mol. The van der Waals surface area contributed by atoms with Crippen molar-refractivity contribution in [2.45, 2.75) is 38.1 Å². The van der Waals surface area contributed by atoms with Crippen LogP contribution in [0.3, 0.4) is 0 Å². The molecular weight excluding hydrogens is 277 g/mol. The molecule has 1 aromatic carbocycles. The van der Waals surface area contributed by atoms with Crippen molar-refractivity contribution in [3.05, 3.63) is 29.6 Å². The Labute approximate surface area is 121 Å². The van der Waals surface area contributed by atoms with E-state index in [1.54, 1.807) is 0 Å². The summed E-state index contributed by atoms with van der Waals surface area (Å²) in [4.78, 5) is 23.4. The summed E-state index contributed by atoms with van der Waals surface area (Å²) in [6, 6.07) is 3.06. The monoisotopic (exact) mass is 295 g/mol. The molecule has 1 fully saturated rings. The number of hydrogen-bond donors (Lipinski definition) is 3. The lowest BCUT2D eigenvalue weighted by molar-refractivity contribution is -0.142. The Hall–Kier alpha value is -2.11. The van der Waals surface area contributed by atoms with E-state index >= 15 is 0 Å². The smallest absolute Gasteiger partial charge is 0.308 e. The second-order valence-corrected chi connectivity index (χ2v) is 5.30. The fourth-order valence-electron chi connectivity index (χ4n) is 2.75. The van der Waals surface area contributed by atoms with Crippen LogP contribution in [-0.4, -0.2) is 28.1 Å². The van der Waals surface area contributed by atoms with E-state index < -0.39 is 41.0 Å². The number of benzene rings is 1. The van der Waals surface area contributed by atoms with Crippen molar-refractivity contribution in [3.63, 3.8) is 0 Å². The Morgan fingerprint density at radius 1 is 1.19 bits per heavy atom. The first kappa shape index (κ1) is 15.3. The van der Waals surface area contributed by atoms with Crippen LogP contribution in [0, 0.1) is 11.7 Å². The van der Waals surface area contributed by atoms with E-state index in [4.69, 9.17) is 0 Å². The van der Waals surface area contributed by atoms with E-state index in [1.165, 1.54) is 12.1 Å². The number of phenols is 1. The number of carboxylic acids is 1. The molecule has 0 aliphatic heterocycles. The van der Waals surface area contributed by atoms with Gasteiger partial charge in [0.05, 0.1) is 5.92 Å². The van der Waals surface area contributed by atoms with Gasteiger partial charge >= 0.3 is 5.97 Å². The predicted octanol–water partition coefficient (Wildman–Crippen LogP) is 2.29. The van der Waals surface area contributed by atoms with Crippen LogP contribution >= 0.6 is 0 Å². The molecule has 0 radical (unpaired) electrons. The molecule has 0 bridgehead atoms. The standard InChI is InChI=1S/C15H18FNO4/c16-10-6-4-8-12(18)13(10)14(19)17-11-7-3-1-2-5-9(11)15(20)21/h4,6,8-9,11,18H,1-3,5,7H2,(H,17,19)(H,20,21). The van der Waals surface area contributed by atoms with Crippen molar-refractivity contribution in [1.82, 2.24) is 5.32 Å². The van der Waals surface area contributed by atoms with Crippen molar-refractivity contribution in [3.8, 4) is 5.75 Å². The zero-order chi connectivity index (χ0) is 15.4. The number of rotatable bonds is 3. The number of carbonyl (C=O) groups excluding carboxylic acids is 1. The van der Waals surface area contributed by atoms with Gasteiger partial charge < -0.3 is 15.5 Å². The van der Waals surface area contributed by atoms with Crippen LogP contribution in [-0.2, 0) is 4.79 Å². The average Bonchev–Trinajstić information content (AvgIpc) is 2.64. The maximum Gasteiger partial charge on any atom is 0.308 e. The van der Waals surface area contributed by atoms with Crippen LogP contribution < -0.4 is 5.32 Å². The molecule has 2 unspecified atom stereocenters. The summed E-state index contributed by atoms with van der Waals surface area (Å²) in [5.74, 6) is -3.69. The highest BCUT2D eigenvalue weighted by atomic mass is 19.1. The van der Waals surface area contributed by atoms with E-state index in [1.807, 2.05) is 0 Å². The molecule has 2 rings (SSSR count). The molecule has 1 aliphatic rings. The fraction of sp³-hybridized carbons (Fsp3) is 0.467. The quantitative estimate of drug-likeness (QED) is 0.747. The molecule has 5 nitrogen and oxygen atoms in total. The summed E-state index contributed by atoms with van der Waals surface area (Å²) in [7, 11) is 0. The molecule has 6 heteroatoms. The van der Waals surface area contributed by atoms with Crippen molar-refractivity contribution < 1.29 is 24.2 Å². The molecule has 1 saturated carbocycles. The molecule has 2 atom stereocenters. The normalized spacial score (nSPS) is 22.3. The molecule has 0 spiro atoms. The van der Waals surface area contributed by atoms with Gasteiger partial charge in [0.25, 0.3) is 5.91 Å². The molecular formula is C15H18FNO4. The van der Waals surface area contributed by atoms with Crippen LogP contribution in [0.15, 0.2) is 18.2 Å². The van der Waals surface area contributed by atoms with Gasteiger partial charge in [-0.25, -0.2) is 4.39 Å². The zero-order valence-electron chi connectivity index (χ0n) is 11.5. The Morgan fingerprint density at radius 3 is 2.57 bits per heavy atom. The summed E-state index contributed by atoms with van der Waals surface area (Å²) in [5.41, 5.74) is -0.439. The third-order valence-corrected chi connectivity index (χ3v) is 3.87. The third-order valence-electron chi connectivity index (χ3n) is 3.87. The highest BCUT2D eigenvalue weighted by Gasteiger charge is 2.31. The number of aliphatic carboxylic acids is 1. The van der Waals surface area contributed by atoms with Gasteiger partial charge in [-0.2, -0.15) is 0 Å². The molecule has 0 saturated heterocycles. The number of halogens is 1. The van der Waals surface area contributed by atoms with E-state index in [9.17, 15) is 24.2 Å². The second-order valence-electron chi connectivity index (χ2n) is 5.30. The van der Waals surface area contributed by atoms with E-state index in [2.05, 4.69) is 5.32 Å². The predicted molar refractivity (Wildman–Crippen MR) is 73.5 cm³/mol. The summed E-state index contributed by atoms with van der Waals surface area (Å²) in [5, 5.41) is 21.4. The topological polar surface area (TPSA) is 86.6 Å². The van der Waals surface area contributed by atoms with Crippen LogP contribution in [0.1, 0.15) is 42.5 Å². The number of carbonyl (C=O) groups is 2. The lowest BCUT2D eigenvalue weighted by Gasteiger charge is -2.23. The van der Waals surface area contributed by atoms with Crippen LogP contribution in [0.2, 0.25) is 0 Å². The maximum atomic E-state index is 13.7. The lowest BCUT2D eigenvalue weighted by Crippen LogP contribution is -2.43. The van der Waals surface area contributed by atoms with Gasteiger partial charge in [-0.15, -0.1) is 0 Å². The summed E-state index contributed by atoms with van der Waals surface area (Å²) < 4.78 is 13.7. The largest absolute Gasteiger partial charge is 0.507 e. The van der Waals surface area contributed by atoms with Crippen molar-refractivity contribution >= 4 is 11.9 Å². The van der Waals surface area contributed by atoms with E-state index in [-0.39, 0.29) is 0 Å². The Bertz CT molecular complexity index is 526. The number of nitrogens with one attached hydrogen (secondary N) is 1. The third kappa shape index (κ3) is 3.51. The van der Waals surface area contributed by atoms with E-state index in [0.717, 1.165) is 25.3 Å². The van der Waals surface area contributed by atoms with Gasteiger partial charge in [-0.05, 0) is 25.0 Å². The Kier molecular flexibility index (Phi) is 4.77. The first-order valence-corrected chi connectivity index (χ1v) is 7.02. The molecule has 114 valence electrons.